The molecule has 8 heteroatoms. The average molecular weight is 488 g/mol. The minimum absolute atomic E-state index is 0.213. The van der Waals surface area contributed by atoms with E-state index in [1.54, 1.807) is 11.3 Å². The highest BCUT2D eigenvalue weighted by Gasteiger charge is 2.24. The number of rotatable bonds is 5. The van der Waals surface area contributed by atoms with Crippen molar-refractivity contribution in [2.45, 2.75) is 38.1 Å². The minimum Gasteiger partial charge on any atom is -0.486 e. The Morgan fingerprint density at radius 3 is 2.71 bits per heavy atom. The first-order chi connectivity index (χ1) is 17.1. The summed E-state index contributed by atoms with van der Waals surface area (Å²) in [5, 5.41) is 14.8. The average Bonchev–Trinajstić information content (AvgIpc) is 3.26. The van der Waals surface area contributed by atoms with E-state index in [1.807, 2.05) is 30.3 Å². The Kier molecular flexibility index (Phi) is 5.74. The van der Waals surface area contributed by atoms with Gasteiger partial charge in [0.15, 0.2) is 11.5 Å². The summed E-state index contributed by atoms with van der Waals surface area (Å²) in [7, 11) is 0. The molecule has 35 heavy (non-hydrogen) atoms. The number of carbonyl (C=O) groups is 1. The van der Waals surface area contributed by atoms with E-state index in [-0.39, 0.29) is 5.92 Å². The highest BCUT2D eigenvalue weighted by Crippen LogP contribution is 2.40. The smallest absolute Gasteiger partial charge is 0.328 e. The molecule has 2 aromatic heterocycles. The van der Waals surface area contributed by atoms with Gasteiger partial charge in [0.2, 0.25) is 0 Å². The quantitative estimate of drug-likeness (QED) is 0.339. The molecular formula is C27H25N3O4S. The van der Waals surface area contributed by atoms with Crippen LogP contribution >= 0.6 is 11.3 Å². The van der Waals surface area contributed by atoms with Gasteiger partial charge in [-0.1, -0.05) is 29.8 Å². The zero-order valence-corrected chi connectivity index (χ0v) is 19.9. The van der Waals surface area contributed by atoms with Crippen molar-refractivity contribution in [3.63, 3.8) is 0 Å². The number of allylic oxidation sites excluding steroid dienone is 1. The number of hydrogen-bond acceptors (Lipinski definition) is 7. The topological polar surface area (TPSA) is 93.6 Å². The molecule has 0 bridgehead atoms. The van der Waals surface area contributed by atoms with E-state index in [0.29, 0.717) is 19.8 Å². The molecule has 3 heterocycles. The summed E-state index contributed by atoms with van der Waals surface area (Å²) in [4.78, 5) is 22.0. The molecule has 2 N–H and O–H groups in total. The van der Waals surface area contributed by atoms with Crippen LogP contribution in [0.4, 0.5) is 5.82 Å². The number of nitrogens with one attached hydrogen (secondary N) is 1. The number of fused-ring (bicyclic) bond motifs is 4. The van der Waals surface area contributed by atoms with Crippen molar-refractivity contribution in [1.82, 2.24) is 9.97 Å². The van der Waals surface area contributed by atoms with Gasteiger partial charge in [-0.25, -0.2) is 14.8 Å². The molecule has 4 aromatic rings. The van der Waals surface area contributed by atoms with Crippen molar-refractivity contribution in [3.05, 3.63) is 65.5 Å². The van der Waals surface area contributed by atoms with Crippen LogP contribution in [0.1, 0.15) is 43.0 Å². The first kappa shape index (κ1) is 21.9. The van der Waals surface area contributed by atoms with Crippen LogP contribution in [0.5, 0.6) is 11.5 Å². The lowest BCUT2D eigenvalue weighted by molar-refractivity contribution is -0.131. The van der Waals surface area contributed by atoms with Crippen molar-refractivity contribution < 1.29 is 19.4 Å². The van der Waals surface area contributed by atoms with Crippen LogP contribution in [-0.2, 0) is 11.3 Å². The van der Waals surface area contributed by atoms with E-state index in [2.05, 4.69) is 17.4 Å². The van der Waals surface area contributed by atoms with Gasteiger partial charge in [0.25, 0.3) is 0 Å². The van der Waals surface area contributed by atoms with Crippen LogP contribution in [0.2, 0.25) is 0 Å². The van der Waals surface area contributed by atoms with Crippen LogP contribution in [-0.4, -0.2) is 34.3 Å². The molecule has 6 rings (SSSR count). The van der Waals surface area contributed by atoms with Gasteiger partial charge in [-0.3, -0.25) is 0 Å². The Labute approximate surface area is 206 Å². The highest BCUT2D eigenvalue weighted by atomic mass is 32.1. The van der Waals surface area contributed by atoms with Crippen LogP contribution in [0.15, 0.2) is 54.1 Å². The molecule has 0 saturated heterocycles. The third kappa shape index (κ3) is 4.41. The van der Waals surface area contributed by atoms with Gasteiger partial charge in [-0.15, -0.1) is 11.3 Å². The SMILES string of the molecule is O=C(O)C=C1CCC(c2nc(NCc3ccc4c(c3)OCCO4)c3c(n2)sc2ccccc23)CC1. The second-order valence-electron chi connectivity index (χ2n) is 8.96. The molecule has 2 aromatic carbocycles. The fraction of sp³-hybridized carbons (Fsp3) is 0.296. The van der Waals surface area contributed by atoms with Gasteiger partial charge in [-0.05, 0) is 49.4 Å². The Morgan fingerprint density at radius 1 is 1.09 bits per heavy atom. The van der Waals surface area contributed by atoms with E-state index >= 15 is 0 Å². The maximum atomic E-state index is 11.0. The number of aromatic nitrogens is 2. The van der Waals surface area contributed by atoms with Gasteiger partial charge in [0.05, 0.1) is 5.39 Å². The second-order valence-corrected chi connectivity index (χ2v) is 9.99. The molecule has 0 spiro atoms. The summed E-state index contributed by atoms with van der Waals surface area (Å²) in [5.41, 5.74) is 2.08. The fourth-order valence-electron chi connectivity index (χ4n) is 4.90. The van der Waals surface area contributed by atoms with E-state index < -0.39 is 5.97 Å². The number of ether oxygens (including phenoxy) is 2. The summed E-state index contributed by atoms with van der Waals surface area (Å²) in [6.07, 6.45) is 4.61. The molecule has 0 atom stereocenters. The third-order valence-corrected chi connectivity index (χ3v) is 7.71. The molecule has 7 nitrogen and oxygen atoms in total. The predicted octanol–water partition coefficient (Wildman–Crippen LogP) is 5.90. The van der Waals surface area contributed by atoms with Gasteiger partial charge < -0.3 is 19.9 Å². The van der Waals surface area contributed by atoms with Gasteiger partial charge in [-0.2, -0.15) is 0 Å². The highest BCUT2D eigenvalue weighted by molar-refractivity contribution is 7.25. The number of carboxylic acids is 1. The zero-order chi connectivity index (χ0) is 23.8. The van der Waals surface area contributed by atoms with Crippen molar-refractivity contribution in [2.75, 3.05) is 18.5 Å². The number of benzene rings is 2. The lowest BCUT2D eigenvalue weighted by Gasteiger charge is -2.23. The van der Waals surface area contributed by atoms with Crippen molar-refractivity contribution in [2.24, 2.45) is 0 Å². The molecule has 1 aliphatic carbocycles. The lowest BCUT2D eigenvalue weighted by atomic mass is 9.85. The summed E-state index contributed by atoms with van der Waals surface area (Å²) < 4.78 is 12.6. The van der Waals surface area contributed by atoms with E-state index in [4.69, 9.17) is 24.5 Å². The standard InChI is InChI=1S/C27H25N3O4S/c31-23(32)14-16-5-8-18(9-6-16)25-29-26(24-19-3-1-2-4-22(19)35-27(24)30-25)28-15-17-7-10-20-21(13-17)34-12-11-33-20/h1-4,7,10,13-14,18H,5-6,8-9,11-12,15H2,(H,31,32)(H,28,29,30). The Morgan fingerprint density at radius 2 is 1.89 bits per heavy atom. The molecule has 1 saturated carbocycles. The third-order valence-electron chi connectivity index (χ3n) is 6.64. The largest absolute Gasteiger partial charge is 0.486 e. The Hall–Kier alpha value is -3.65. The first-order valence-electron chi connectivity index (χ1n) is 11.9. The van der Waals surface area contributed by atoms with Crippen molar-refractivity contribution in [1.29, 1.82) is 0 Å². The zero-order valence-electron chi connectivity index (χ0n) is 19.1. The van der Waals surface area contributed by atoms with Crippen LogP contribution < -0.4 is 14.8 Å². The van der Waals surface area contributed by atoms with Crippen molar-refractivity contribution in [3.8, 4) is 11.5 Å². The predicted molar refractivity (Wildman–Crippen MR) is 137 cm³/mol. The fourth-order valence-corrected chi connectivity index (χ4v) is 5.98. The molecule has 0 amide bonds. The second kappa shape index (κ2) is 9.19. The molecule has 0 radical (unpaired) electrons. The molecule has 0 unspecified atom stereocenters. The molecule has 1 fully saturated rings. The van der Waals surface area contributed by atoms with Gasteiger partial charge in [0.1, 0.15) is 29.7 Å². The number of anilines is 1. The van der Waals surface area contributed by atoms with Crippen LogP contribution in [0.3, 0.4) is 0 Å². The van der Waals surface area contributed by atoms with Crippen LogP contribution in [0.25, 0.3) is 20.3 Å². The van der Waals surface area contributed by atoms with E-state index in [9.17, 15) is 4.79 Å². The number of carboxylic acid groups (broad SMARTS) is 1. The summed E-state index contributed by atoms with van der Waals surface area (Å²) in [6.45, 7) is 1.74. The number of nitrogens with zero attached hydrogens (tertiary/aromatic N) is 2. The summed E-state index contributed by atoms with van der Waals surface area (Å²) >= 11 is 1.69. The first-order valence-corrected chi connectivity index (χ1v) is 12.7. The van der Waals surface area contributed by atoms with Gasteiger partial charge >= 0.3 is 5.97 Å². The Balaban J connectivity index is 1.33. The maximum absolute atomic E-state index is 11.0. The number of hydrogen-bond donors (Lipinski definition) is 2. The Bertz CT molecular complexity index is 1450. The number of thiophene rings is 1. The molecule has 178 valence electrons. The van der Waals surface area contributed by atoms with Crippen molar-refractivity contribution >= 4 is 43.4 Å². The molecular weight excluding hydrogens is 462 g/mol. The monoisotopic (exact) mass is 487 g/mol. The summed E-state index contributed by atoms with van der Waals surface area (Å²) in [5.74, 6) is 2.58. The minimum atomic E-state index is -0.868. The molecule has 1 aliphatic heterocycles. The van der Waals surface area contributed by atoms with Crippen LogP contribution in [0, 0.1) is 0 Å². The number of aliphatic carboxylic acids is 1. The van der Waals surface area contributed by atoms with E-state index in [0.717, 1.165) is 75.6 Å². The molecule has 2 aliphatic rings. The maximum Gasteiger partial charge on any atom is 0.328 e. The lowest BCUT2D eigenvalue weighted by Crippen LogP contribution is -2.15. The normalized spacial score (nSPS) is 17.5. The van der Waals surface area contributed by atoms with Gasteiger partial charge in [0, 0.05) is 28.6 Å². The van der Waals surface area contributed by atoms with E-state index in [1.165, 1.54) is 10.8 Å². The summed E-state index contributed by atoms with van der Waals surface area (Å²) in [6, 6.07) is 14.4.